The average Bonchev–Trinajstić information content (AvgIpc) is 2.41. The zero-order valence-electron chi connectivity index (χ0n) is 10.4. The number of hydrogen-bond acceptors (Lipinski definition) is 4. The number of likely N-dealkylation sites (N-methyl/N-ethyl adjacent to an activating group) is 1. The molecule has 0 aliphatic carbocycles. The molecule has 2 rings (SSSR count). The molecular formula is C13H16FN3O. The SMILES string of the molecule is CCN1CCN(c2ccc(N=C=O)c(F)c2)CC1. The minimum Gasteiger partial charge on any atom is -0.369 e. The van der Waals surface area contributed by atoms with Crippen molar-refractivity contribution in [3.8, 4) is 0 Å². The van der Waals surface area contributed by atoms with Crippen LogP contribution in [-0.4, -0.2) is 43.7 Å². The smallest absolute Gasteiger partial charge is 0.240 e. The van der Waals surface area contributed by atoms with Crippen LogP contribution in [0.3, 0.4) is 0 Å². The maximum Gasteiger partial charge on any atom is 0.240 e. The second-order valence-electron chi connectivity index (χ2n) is 4.26. The van der Waals surface area contributed by atoms with Crippen molar-refractivity contribution in [2.75, 3.05) is 37.6 Å². The zero-order chi connectivity index (χ0) is 13.0. The van der Waals surface area contributed by atoms with E-state index in [4.69, 9.17) is 0 Å². The molecule has 0 amide bonds. The van der Waals surface area contributed by atoms with E-state index in [-0.39, 0.29) is 5.69 Å². The monoisotopic (exact) mass is 249 g/mol. The molecule has 1 fully saturated rings. The molecule has 0 radical (unpaired) electrons. The molecule has 4 nitrogen and oxygen atoms in total. The number of isocyanates is 1. The second-order valence-corrected chi connectivity index (χ2v) is 4.26. The number of piperazine rings is 1. The number of rotatable bonds is 3. The third-order valence-electron chi connectivity index (χ3n) is 3.28. The summed E-state index contributed by atoms with van der Waals surface area (Å²) in [4.78, 5) is 17.9. The summed E-state index contributed by atoms with van der Waals surface area (Å²) in [6.45, 7) is 6.96. The molecule has 1 aromatic carbocycles. The largest absolute Gasteiger partial charge is 0.369 e. The molecule has 0 spiro atoms. The van der Waals surface area contributed by atoms with E-state index in [1.54, 1.807) is 6.07 Å². The van der Waals surface area contributed by atoms with Crippen LogP contribution in [0.1, 0.15) is 6.92 Å². The highest BCUT2D eigenvalue weighted by molar-refractivity contribution is 5.57. The third-order valence-corrected chi connectivity index (χ3v) is 3.28. The molecule has 0 unspecified atom stereocenters. The number of aliphatic imine (C=N–C) groups is 1. The first-order chi connectivity index (χ1) is 8.74. The first kappa shape index (κ1) is 12.7. The van der Waals surface area contributed by atoms with E-state index in [0.717, 1.165) is 38.4 Å². The predicted molar refractivity (Wildman–Crippen MR) is 68.5 cm³/mol. The molecule has 0 saturated carbocycles. The lowest BCUT2D eigenvalue weighted by molar-refractivity contribution is 0.271. The van der Waals surface area contributed by atoms with Crippen molar-refractivity contribution >= 4 is 17.5 Å². The minimum atomic E-state index is -0.478. The van der Waals surface area contributed by atoms with E-state index in [2.05, 4.69) is 21.7 Å². The van der Waals surface area contributed by atoms with E-state index in [0.29, 0.717) is 0 Å². The second kappa shape index (κ2) is 5.76. The fourth-order valence-corrected chi connectivity index (χ4v) is 2.15. The Labute approximate surface area is 106 Å². The average molecular weight is 249 g/mol. The summed E-state index contributed by atoms with van der Waals surface area (Å²) >= 11 is 0. The normalized spacial score (nSPS) is 16.4. The Kier molecular flexibility index (Phi) is 4.07. The molecule has 1 aliphatic heterocycles. The summed E-state index contributed by atoms with van der Waals surface area (Å²) in [6.07, 6.45) is 1.35. The van der Waals surface area contributed by atoms with E-state index in [9.17, 15) is 9.18 Å². The summed E-state index contributed by atoms with van der Waals surface area (Å²) in [5, 5.41) is 0. The fraction of sp³-hybridized carbons (Fsp3) is 0.462. The van der Waals surface area contributed by atoms with Gasteiger partial charge in [0.2, 0.25) is 6.08 Å². The van der Waals surface area contributed by atoms with Crippen molar-refractivity contribution in [1.29, 1.82) is 0 Å². The summed E-state index contributed by atoms with van der Waals surface area (Å²) in [7, 11) is 0. The van der Waals surface area contributed by atoms with Crippen LogP contribution in [0.4, 0.5) is 15.8 Å². The highest BCUT2D eigenvalue weighted by Gasteiger charge is 2.16. The Balaban J connectivity index is 2.10. The zero-order valence-corrected chi connectivity index (χ0v) is 10.4. The van der Waals surface area contributed by atoms with Gasteiger partial charge in [-0.25, -0.2) is 9.18 Å². The Morgan fingerprint density at radius 1 is 1.33 bits per heavy atom. The van der Waals surface area contributed by atoms with Gasteiger partial charge >= 0.3 is 0 Å². The quantitative estimate of drug-likeness (QED) is 0.606. The summed E-state index contributed by atoms with van der Waals surface area (Å²) in [5.41, 5.74) is 0.883. The van der Waals surface area contributed by atoms with Crippen LogP contribution >= 0.6 is 0 Å². The van der Waals surface area contributed by atoms with Gasteiger partial charge < -0.3 is 9.80 Å². The van der Waals surface area contributed by atoms with Crippen LogP contribution in [0, 0.1) is 5.82 Å². The maximum atomic E-state index is 13.6. The van der Waals surface area contributed by atoms with E-state index in [1.807, 2.05) is 0 Å². The van der Waals surface area contributed by atoms with Crippen molar-refractivity contribution in [2.24, 2.45) is 4.99 Å². The van der Waals surface area contributed by atoms with Crippen LogP contribution in [0.2, 0.25) is 0 Å². The maximum absolute atomic E-state index is 13.6. The van der Waals surface area contributed by atoms with Crippen molar-refractivity contribution in [1.82, 2.24) is 4.90 Å². The lowest BCUT2D eigenvalue weighted by atomic mass is 10.2. The molecule has 1 aromatic rings. The first-order valence-electron chi connectivity index (χ1n) is 6.09. The molecule has 1 aliphatic rings. The molecule has 18 heavy (non-hydrogen) atoms. The molecular weight excluding hydrogens is 233 g/mol. The number of halogens is 1. The summed E-state index contributed by atoms with van der Waals surface area (Å²) in [6, 6.07) is 4.74. The third kappa shape index (κ3) is 2.75. The van der Waals surface area contributed by atoms with Crippen molar-refractivity contribution in [2.45, 2.75) is 6.92 Å². The Morgan fingerprint density at radius 2 is 2.06 bits per heavy atom. The predicted octanol–water partition coefficient (Wildman–Crippen LogP) is 1.93. The van der Waals surface area contributed by atoms with Crippen LogP contribution in [0.25, 0.3) is 0 Å². The van der Waals surface area contributed by atoms with Crippen molar-refractivity contribution < 1.29 is 9.18 Å². The van der Waals surface area contributed by atoms with Gasteiger partial charge in [0, 0.05) is 31.9 Å². The first-order valence-corrected chi connectivity index (χ1v) is 6.09. The standard InChI is InChI=1S/C13H16FN3O/c1-2-16-5-7-17(8-6-16)11-3-4-13(15-10-18)12(14)9-11/h3-4,9H,2,5-8H2,1H3. The molecule has 0 N–H and O–H groups in total. The lowest BCUT2D eigenvalue weighted by Gasteiger charge is -2.35. The molecule has 0 bridgehead atoms. The number of anilines is 1. The molecule has 96 valence electrons. The van der Waals surface area contributed by atoms with Gasteiger partial charge in [0.25, 0.3) is 0 Å². The van der Waals surface area contributed by atoms with Gasteiger partial charge in [-0.1, -0.05) is 6.92 Å². The van der Waals surface area contributed by atoms with Gasteiger partial charge in [-0.3, -0.25) is 0 Å². The fourth-order valence-electron chi connectivity index (χ4n) is 2.15. The molecule has 5 heteroatoms. The number of nitrogens with zero attached hydrogens (tertiary/aromatic N) is 3. The Morgan fingerprint density at radius 3 is 2.61 bits per heavy atom. The highest BCUT2D eigenvalue weighted by atomic mass is 19.1. The number of benzene rings is 1. The molecule has 1 heterocycles. The van der Waals surface area contributed by atoms with Gasteiger partial charge in [-0.15, -0.1) is 0 Å². The van der Waals surface area contributed by atoms with Gasteiger partial charge in [0.05, 0.1) is 0 Å². The van der Waals surface area contributed by atoms with Gasteiger partial charge in [-0.2, -0.15) is 4.99 Å². The molecule has 0 aromatic heterocycles. The molecule has 0 atom stereocenters. The number of hydrogen-bond donors (Lipinski definition) is 0. The van der Waals surface area contributed by atoms with Crippen LogP contribution in [0.5, 0.6) is 0 Å². The van der Waals surface area contributed by atoms with Gasteiger partial charge in [-0.05, 0) is 24.7 Å². The topological polar surface area (TPSA) is 35.9 Å². The summed E-state index contributed by atoms with van der Waals surface area (Å²) in [5.74, 6) is -0.478. The van der Waals surface area contributed by atoms with Crippen LogP contribution in [0.15, 0.2) is 23.2 Å². The highest BCUT2D eigenvalue weighted by Crippen LogP contribution is 2.24. The van der Waals surface area contributed by atoms with E-state index >= 15 is 0 Å². The number of carbonyl (C=O) groups excluding carboxylic acids is 1. The van der Waals surface area contributed by atoms with E-state index < -0.39 is 5.82 Å². The van der Waals surface area contributed by atoms with E-state index in [1.165, 1.54) is 18.2 Å². The van der Waals surface area contributed by atoms with Crippen LogP contribution < -0.4 is 4.90 Å². The minimum absolute atomic E-state index is 0.0425. The van der Waals surface area contributed by atoms with Gasteiger partial charge in [0.1, 0.15) is 5.69 Å². The van der Waals surface area contributed by atoms with Crippen molar-refractivity contribution in [3.05, 3.63) is 24.0 Å². The Bertz CT molecular complexity index is 463. The van der Waals surface area contributed by atoms with Crippen LogP contribution in [-0.2, 0) is 4.79 Å². The summed E-state index contributed by atoms with van der Waals surface area (Å²) < 4.78 is 13.6. The lowest BCUT2D eigenvalue weighted by Crippen LogP contribution is -2.46. The Hall–Kier alpha value is -1.71. The molecule has 1 saturated heterocycles. The van der Waals surface area contributed by atoms with Crippen molar-refractivity contribution in [3.63, 3.8) is 0 Å². The van der Waals surface area contributed by atoms with Gasteiger partial charge in [0.15, 0.2) is 5.82 Å².